The molecule has 0 aliphatic rings. The first-order valence-electron chi connectivity index (χ1n) is 4.47. The number of thiophene rings is 1. The lowest BCUT2D eigenvalue weighted by molar-refractivity contribution is -0.129. The molecule has 0 bridgehead atoms. The van der Waals surface area contributed by atoms with Crippen molar-refractivity contribution in [2.75, 3.05) is 6.61 Å². The highest BCUT2D eigenvalue weighted by molar-refractivity contribution is 7.17. The van der Waals surface area contributed by atoms with Gasteiger partial charge >= 0.3 is 5.97 Å². The average molecular weight is 277 g/mol. The van der Waals surface area contributed by atoms with Crippen molar-refractivity contribution in [3.05, 3.63) is 21.3 Å². The number of ether oxygens (including phenoxy) is 1. The van der Waals surface area contributed by atoms with E-state index in [0.717, 1.165) is 11.3 Å². The number of hydrogen-bond donors (Lipinski definition) is 2. The number of nitrogens with one attached hydrogen (secondary N) is 2. The number of halogens is 1. The maximum absolute atomic E-state index is 11.4. The number of hydrogen-bond acceptors (Lipinski definition) is 5. The van der Waals surface area contributed by atoms with Crippen LogP contribution in [0.2, 0.25) is 4.34 Å². The molecule has 0 unspecified atom stereocenters. The second-order valence-corrected chi connectivity index (χ2v) is 4.62. The van der Waals surface area contributed by atoms with E-state index in [2.05, 4.69) is 15.6 Å². The van der Waals surface area contributed by atoms with Gasteiger partial charge in [-0.05, 0) is 12.1 Å². The van der Waals surface area contributed by atoms with E-state index in [1.165, 1.54) is 13.0 Å². The van der Waals surface area contributed by atoms with E-state index in [1.54, 1.807) is 6.07 Å². The Balaban J connectivity index is 2.33. The Morgan fingerprint density at radius 2 is 2.06 bits per heavy atom. The smallest absolute Gasteiger partial charge is 0.348 e. The number of amides is 2. The van der Waals surface area contributed by atoms with Crippen LogP contribution in [-0.4, -0.2) is 24.4 Å². The summed E-state index contributed by atoms with van der Waals surface area (Å²) in [7, 11) is 0. The first-order valence-corrected chi connectivity index (χ1v) is 5.66. The first kappa shape index (κ1) is 13.5. The molecule has 1 heterocycles. The van der Waals surface area contributed by atoms with Crippen molar-refractivity contribution in [1.82, 2.24) is 10.9 Å². The topological polar surface area (TPSA) is 84.5 Å². The lowest BCUT2D eigenvalue weighted by Crippen LogP contribution is -2.42. The van der Waals surface area contributed by atoms with Crippen molar-refractivity contribution in [3.8, 4) is 0 Å². The maximum atomic E-state index is 11.4. The van der Waals surface area contributed by atoms with E-state index in [9.17, 15) is 14.4 Å². The molecule has 17 heavy (non-hydrogen) atoms. The van der Waals surface area contributed by atoms with Gasteiger partial charge in [-0.15, -0.1) is 11.3 Å². The van der Waals surface area contributed by atoms with E-state index in [4.69, 9.17) is 11.6 Å². The van der Waals surface area contributed by atoms with Crippen molar-refractivity contribution < 1.29 is 19.1 Å². The molecule has 0 fully saturated rings. The van der Waals surface area contributed by atoms with Gasteiger partial charge in [0.25, 0.3) is 5.91 Å². The van der Waals surface area contributed by atoms with Crippen LogP contribution in [0.25, 0.3) is 0 Å². The molecule has 1 rings (SSSR count). The first-order chi connectivity index (χ1) is 7.99. The van der Waals surface area contributed by atoms with Crippen LogP contribution in [-0.2, 0) is 14.3 Å². The standard InChI is InChI=1S/C9H9ClN2O4S/c1-5(13)11-12-8(14)4-16-9(15)6-2-3-7(10)17-6/h2-3H,4H2,1H3,(H,11,13)(H,12,14). The van der Waals surface area contributed by atoms with Crippen LogP contribution in [0.15, 0.2) is 12.1 Å². The van der Waals surface area contributed by atoms with Crippen LogP contribution in [0.3, 0.4) is 0 Å². The third kappa shape index (κ3) is 4.83. The third-order valence-corrected chi connectivity index (χ3v) is 2.70. The number of esters is 1. The Morgan fingerprint density at radius 3 is 2.59 bits per heavy atom. The SMILES string of the molecule is CC(=O)NNC(=O)COC(=O)c1ccc(Cl)s1. The number of carbonyl (C=O) groups is 3. The monoisotopic (exact) mass is 276 g/mol. The molecule has 8 heteroatoms. The van der Waals surface area contributed by atoms with Gasteiger partial charge in [0.1, 0.15) is 4.88 Å². The minimum atomic E-state index is -0.639. The highest BCUT2D eigenvalue weighted by Crippen LogP contribution is 2.21. The summed E-state index contributed by atoms with van der Waals surface area (Å²) < 4.78 is 5.14. The van der Waals surface area contributed by atoms with Gasteiger partial charge in [-0.1, -0.05) is 11.6 Å². The van der Waals surface area contributed by atoms with E-state index < -0.39 is 24.4 Å². The molecule has 6 nitrogen and oxygen atoms in total. The van der Waals surface area contributed by atoms with Crippen molar-refractivity contribution >= 4 is 40.7 Å². The summed E-state index contributed by atoms with van der Waals surface area (Å²) in [5.41, 5.74) is 4.12. The van der Waals surface area contributed by atoms with Gasteiger partial charge < -0.3 is 4.74 Å². The molecule has 1 aromatic heterocycles. The van der Waals surface area contributed by atoms with Crippen molar-refractivity contribution in [1.29, 1.82) is 0 Å². The second kappa shape index (κ2) is 6.21. The molecule has 0 aliphatic carbocycles. The number of hydrazine groups is 1. The molecule has 0 saturated carbocycles. The Kier molecular flexibility index (Phi) is 4.92. The Morgan fingerprint density at radius 1 is 1.35 bits per heavy atom. The van der Waals surface area contributed by atoms with E-state index in [-0.39, 0.29) is 0 Å². The summed E-state index contributed by atoms with van der Waals surface area (Å²) in [6.07, 6.45) is 0. The van der Waals surface area contributed by atoms with Gasteiger partial charge in [0, 0.05) is 6.92 Å². The molecule has 0 aliphatic heterocycles. The Hall–Kier alpha value is -1.60. The molecule has 0 spiro atoms. The zero-order valence-electron chi connectivity index (χ0n) is 8.78. The summed E-state index contributed by atoms with van der Waals surface area (Å²) in [4.78, 5) is 33.2. The van der Waals surface area contributed by atoms with Crippen LogP contribution in [0.5, 0.6) is 0 Å². The normalized spacial score (nSPS) is 9.53. The molecular weight excluding hydrogens is 268 g/mol. The second-order valence-electron chi connectivity index (χ2n) is 2.91. The summed E-state index contributed by atoms with van der Waals surface area (Å²) in [6.45, 7) is 0.759. The molecule has 0 radical (unpaired) electrons. The van der Waals surface area contributed by atoms with E-state index in [1.807, 2.05) is 0 Å². The maximum Gasteiger partial charge on any atom is 0.348 e. The van der Waals surface area contributed by atoms with Crippen molar-refractivity contribution in [2.24, 2.45) is 0 Å². The van der Waals surface area contributed by atoms with Gasteiger partial charge in [0.05, 0.1) is 4.34 Å². The fraction of sp³-hybridized carbons (Fsp3) is 0.222. The van der Waals surface area contributed by atoms with Crippen molar-refractivity contribution in [3.63, 3.8) is 0 Å². The van der Waals surface area contributed by atoms with Crippen LogP contribution < -0.4 is 10.9 Å². The van der Waals surface area contributed by atoms with Gasteiger partial charge in [-0.2, -0.15) is 0 Å². The molecule has 92 valence electrons. The fourth-order valence-electron chi connectivity index (χ4n) is 0.820. The Bertz CT molecular complexity index is 446. The van der Waals surface area contributed by atoms with Gasteiger partial charge in [0.15, 0.2) is 6.61 Å². The summed E-state index contributed by atoms with van der Waals surface area (Å²) in [5, 5.41) is 0. The van der Waals surface area contributed by atoms with Crippen LogP contribution in [0, 0.1) is 0 Å². The summed E-state index contributed by atoms with van der Waals surface area (Å²) in [6, 6.07) is 3.06. The molecule has 1 aromatic rings. The minimum absolute atomic E-state index is 0.308. The minimum Gasteiger partial charge on any atom is -0.451 e. The van der Waals surface area contributed by atoms with E-state index in [0.29, 0.717) is 9.21 Å². The molecule has 0 atom stereocenters. The van der Waals surface area contributed by atoms with Gasteiger partial charge in [-0.25, -0.2) is 4.79 Å². The van der Waals surface area contributed by atoms with Crippen LogP contribution in [0.1, 0.15) is 16.6 Å². The van der Waals surface area contributed by atoms with Crippen LogP contribution >= 0.6 is 22.9 Å². The highest BCUT2D eigenvalue weighted by Gasteiger charge is 2.12. The fourth-order valence-corrected chi connectivity index (χ4v) is 1.76. The largest absolute Gasteiger partial charge is 0.451 e. The third-order valence-electron chi connectivity index (χ3n) is 1.49. The summed E-state index contributed by atoms with van der Waals surface area (Å²) in [5.74, 6) is -1.69. The molecule has 2 amide bonds. The van der Waals surface area contributed by atoms with Gasteiger partial charge in [0.2, 0.25) is 5.91 Å². The van der Waals surface area contributed by atoms with E-state index >= 15 is 0 Å². The summed E-state index contributed by atoms with van der Waals surface area (Å²) >= 11 is 6.69. The zero-order valence-corrected chi connectivity index (χ0v) is 10.4. The van der Waals surface area contributed by atoms with Crippen LogP contribution in [0.4, 0.5) is 0 Å². The predicted octanol–water partition coefficient (Wildman–Crippen LogP) is 0.726. The highest BCUT2D eigenvalue weighted by atomic mass is 35.5. The molecule has 0 saturated heterocycles. The number of carbonyl (C=O) groups excluding carboxylic acids is 3. The number of rotatable bonds is 3. The predicted molar refractivity (Wildman–Crippen MR) is 61.6 cm³/mol. The zero-order chi connectivity index (χ0) is 12.8. The van der Waals surface area contributed by atoms with Crippen molar-refractivity contribution in [2.45, 2.75) is 6.92 Å². The Labute approximate surface area is 106 Å². The molecule has 0 aromatic carbocycles. The molecule has 2 N–H and O–H groups in total. The lowest BCUT2D eigenvalue weighted by atomic mass is 10.5. The average Bonchev–Trinajstić information content (AvgIpc) is 2.70. The van der Waals surface area contributed by atoms with Gasteiger partial charge in [-0.3, -0.25) is 20.4 Å². The lowest BCUT2D eigenvalue weighted by Gasteiger charge is -2.05. The quantitative estimate of drug-likeness (QED) is 0.629. The molecular formula is C9H9ClN2O4S.